The van der Waals surface area contributed by atoms with E-state index in [1.165, 1.54) is 0 Å². The molecular formula is C64H37N11. The van der Waals surface area contributed by atoms with Gasteiger partial charge in [-0.1, -0.05) is 103 Å². The van der Waals surface area contributed by atoms with Gasteiger partial charge in [0, 0.05) is 73.6 Å². The van der Waals surface area contributed by atoms with E-state index in [0.29, 0.717) is 56.6 Å². The molecule has 16 rings (SSSR count). The second-order valence-corrected chi connectivity index (χ2v) is 18.8. The number of hydrogen-bond donors (Lipinski definition) is 0. The summed E-state index contributed by atoms with van der Waals surface area (Å²) in [6.07, 6.45) is 7.37. The monoisotopic (exact) mass is 959 g/mol. The molecular weight excluding hydrogens is 923 g/mol. The Kier molecular flexibility index (Phi) is 8.55. The predicted octanol–water partition coefficient (Wildman–Crippen LogP) is 14.5. The van der Waals surface area contributed by atoms with Gasteiger partial charge in [-0.2, -0.15) is 5.26 Å². The molecule has 0 unspecified atom stereocenters. The Hall–Kier alpha value is -10.7. The lowest BCUT2D eigenvalue weighted by Gasteiger charge is -2.28. The molecule has 0 saturated heterocycles. The maximum Gasteiger partial charge on any atom is 0.150 e. The van der Waals surface area contributed by atoms with Crippen LogP contribution >= 0.6 is 0 Å². The minimum atomic E-state index is 0.368. The van der Waals surface area contributed by atoms with Gasteiger partial charge in [-0.3, -0.25) is 22.8 Å². The zero-order valence-electron chi connectivity index (χ0n) is 39.8. The zero-order valence-corrected chi connectivity index (χ0v) is 39.8. The minimum Gasteiger partial charge on any atom is -0.292 e. The average molecular weight is 960 g/mol. The van der Waals surface area contributed by atoms with Crippen molar-refractivity contribution in [2.45, 2.75) is 0 Å². The Morgan fingerprint density at radius 2 is 0.667 bits per heavy atom. The van der Waals surface area contributed by atoms with Crippen LogP contribution in [-0.2, 0) is 0 Å². The van der Waals surface area contributed by atoms with Crippen LogP contribution in [0.15, 0.2) is 225 Å². The van der Waals surface area contributed by atoms with Crippen molar-refractivity contribution in [2.24, 2.45) is 0 Å². The second-order valence-electron chi connectivity index (χ2n) is 18.8. The van der Waals surface area contributed by atoms with E-state index in [1.54, 1.807) is 0 Å². The zero-order chi connectivity index (χ0) is 49.3. The summed E-state index contributed by atoms with van der Waals surface area (Å²) in [6, 6.07) is 71.7. The van der Waals surface area contributed by atoms with Crippen LogP contribution in [-0.4, -0.2) is 47.8 Å². The van der Waals surface area contributed by atoms with Crippen LogP contribution in [0, 0.1) is 11.3 Å². The quantitative estimate of drug-likeness (QED) is 0.164. The van der Waals surface area contributed by atoms with Crippen LogP contribution in [0.25, 0.3) is 139 Å². The van der Waals surface area contributed by atoms with Gasteiger partial charge >= 0.3 is 0 Å². The highest BCUT2D eigenvalue weighted by Crippen LogP contribution is 2.51. The number of para-hydroxylation sites is 7. The molecule has 0 fully saturated rings. The van der Waals surface area contributed by atoms with Gasteiger partial charge in [-0.25, -0.2) is 24.9 Å². The summed E-state index contributed by atoms with van der Waals surface area (Å²) in [6.45, 7) is 0. The smallest absolute Gasteiger partial charge is 0.150 e. The normalized spacial score (nSPS) is 12.0. The Morgan fingerprint density at radius 3 is 1.12 bits per heavy atom. The summed E-state index contributed by atoms with van der Waals surface area (Å²) >= 11 is 0. The number of nitrogens with zero attached hydrogens (tertiary/aromatic N) is 11. The number of imidazole rings is 1. The molecule has 0 atom stereocenters. The maximum absolute atomic E-state index is 12.8. The number of benzene rings is 7. The lowest BCUT2D eigenvalue weighted by molar-refractivity contribution is 0.994. The van der Waals surface area contributed by atoms with Crippen LogP contribution in [0.5, 0.6) is 0 Å². The van der Waals surface area contributed by atoms with Crippen molar-refractivity contribution in [2.75, 3.05) is 0 Å². The van der Waals surface area contributed by atoms with Gasteiger partial charge in [0.25, 0.3) is 0 Å². The number of hydrogen-bond acceptors (Lipinski definition) is 6. The summed E-state index contributed by atoms with van der Waals surface area (Å²) in [7, 11) is 0. The summed E-state index contributed by atoms with van der Waals surface area (Å²) in [5.41, 5.74) is 12.5. The molecule has 9 aromatic heterocycles. The average Bonchev–Trinajstić information content (AvgIpc) is 4.31. The van der Waals surface area contributed by atoms with Crippen molar-refractivity contribution in [3.8, 4) is 45.9 Å². The molecule has 9 heterocycles. The highest BCUT2D eigenvalue weighted by Gasteiger charge is 2.37. The Labute approximate surface area is 426 Å². The molecule has 0 bridgehead atoms. The number of fused-ring (bicyclic) bond motifs is 13. The molecule has 75 heavy (non-hydrogen) atoms. The highest BCUT2D eigenvalue weighted by molar-refractivity contribution is 6.16. The van der Waals surface area contributed by atoms with E-state index in [1.807, 2.05) is 61.2 Å². The van der Waals surface area contributed by atoms with Crippen LogP contribution in [0.3, 0.4) is 0 Å². The van der Waals surface area contributed by atoms with Gasteiger partial charge in [0.2, 0.25) is 0 Å². The van der Waals surface area contributed by atoms with Crippen molar-refractivity contribution in [1.82, 2.24) is 47.8 Å². The minimum absolute atomic E-state index is 0.368. The highest BCUT2D eigenvalue weighted by atomic mass is 15.2. The number of nitriles is 1. The van der Waals surface area contributed by atoms with Crippen molar-refractivity contribution in [3.63, 3.8) is 0 Å². The molecule has 0 N–H and O–H groups in total. The van der Waals surface area contributed by atoms with Crippen LogP contribution in [0.4, 0.5) is 0 Å². The first kappa shape index (κ1) is 41.0. The second kappa shape index (κ2) is 15.6. The van der Waals surface area contributed by atoms with Gasteiger partial charge in [-0.15, -0.1) is 0 Å². The molecule has 16 aromatic rings. The van der Waals surface area contributed by atoms with E-state index in [4.69, 9.17) is 24.9 Å². The lowest BCUT2D eigenvalue weighted by Crippen LogP contribution is -2.18. The maximum atomic E-state index is 12.8. The SMILES string of the molecule is N#Cc1c(-n2c3ccccc3c3cccnc32)c(-c2nc3ccccc3n2-c2ccccc2)c(-n2c3ccccc3c3cccnc32)c(-n2c3ccccc3c3cccnc32)c1-n1c2ccccc2c2cccnc21. The fraction of sp³-hybridized carbons (Fsp3) is 0. The van der Waals surface area contributed by atoms with Gasteiger partial charge in [-0.05, 0) is 97.1 Å². The fourth-order valence-electron chi connectivity index (χ4n) is 12.0. The molecule has 348 valence electrons. The molecule has 11 nitrogen and oxygen atoms in total. The van der Waals surface area contributed by atoms with Gasteiger partial charge in [0.15, 0.2) is 0 Å². The fourth-order valence-corrected chi connectivity index (χ4v) is 12.0. The molecule has 0 saturated carbocycles. The molecule has 0 radical (unpaired) electrons. The molecule has 0 aliphatic heterocycles. The van der Waals surface area contributed by atoms with Crippen molar-refractivity contribution >= 4 is 98.8 Å². The third kappa shape index (κ3) is 5.59. The molecule has 11 heteroatoms. The molecule has 7 aromatic carbocycles. The van der Waals surface area contributed by atoms with E-state index < -0.39 is 0 Å². The van der Waals surface area contributed by atoms with Crippen molar-refractivity contribution in [3.05, 3.63) is 231 Å². The van der Waals surface area contributed by atoms with Crippen LogP contribution < -0.4 is 0 Å². The van der Waals surface area contributed by atoms with Crippen LogP contribution in [0.2, 0.25) is 0 Å². The van der Waals surface area contributed by atoms with Crippen LogP contribution in [0.1, 0.15) is 5.56 Å². The van der Waals surface area contributed by atoms with E-state index in [2.05, 4.69) is 193 Å². The van der Waals surface area contributed by atoms with E-state index >= 15 is 0 Å². The summed E-state index contributed by atoms with van der Waals surface area (Å²) < 4.78 is 11.2. The van der Waals surface area contributed by atoms with Crippen molar-refractivity contribution < 1.29 is 0 Å². The topological polar surface area (TPSA) is 113 Å². The van der Waals surface area contributed by atoms with E-state index in [0.717, 1.165) is 87.5 Å². The molecule has 0 aliphatic carbocycles. The third-order valence-electron chi connectivity index (χ3n) is 14.9. The Bertz CT molecular complexity index is 4890. The Morgan fingerprint density at radius 1 is 0.307 bits per heavy atom. The van der Waals surface area contributed by atoms with Crippen molar-refractivity contribution in [1.29, 1.82) is 5.26 Å². The Balaban J connectivity index is 1.30. The van der Waals surface area contributed by atoms with E-state index in [-0.39, 0.29) is 0 Å². The molecule has 0 amide bonds. The summed E-state index contributed by atoms with van der Waals surface area (Å²) in [4.78, 5) is 26.9. The summed E-state index contributed by atoms with van der Waals surface area (Å²) in [5, 5.41) is 20.6. The van der Waals surface area contributed by atoms with Gasteiger partial charge < -0.3 is 0 Å². The number of rotatable bonds is 6. The molecule has 0 aliphatic rings. The largest absolute Gasteiger partial charge is 0.292 e. The number of pyridine rings is 4. The van der Waals surface area contributed by atoms with Gasteiger partial charge in [0.1, 0.15) is 40.0 Å². The lowest BCUT2D eigenvalue weighted by atomic mass is 9.97. The predicted molar refractivity (Wildman–Crippen MR) is 300 cm³/mol. The third-order valence-corrected chi connectivity index (χ3v) is 14.9. The standard InChI is InChI=1S/C64H37N11/c65-38-48-56(72-50-29-9-4-20-40(50)44-24-14-34-66-60(44)72)55(64-70-49-28-8-13-33-54(49)71(64)39-18-2-1-3-19-39)58(74-52-31-11-6-22-42(52)46-26-16-36-68-62(46)74)59(75-53-32-12-7-23-43(53)47-27-17-37-69-63(47)75)57(48)73-51-30-10-5-21-41(51)45-25-15-35-67-61(45)73/h1-37H. The first-order chi connectivity index (χ1) is 37.3. The first-order valence-corrected chi connectivity index (χ1v) is 24.8. The first-order valence-electron chi connectivity index (χ1n) is 24.8. The summed E-state index contributed by atoms with van der Waals surface area (Å²) in [5.74, 6) is 0.606. The number of aromatic nitrogens is 10. The van der Waals surface area contributed by atoms with Gasteiger partial charge in [0.05, 0.1) is 61.4 Å². The molecule has 0 spiro atoms. The van der Waals surface area contributed by atoms with E-state index in [9.17, 15) is 5.26 Å².